The molecule has 2 unspecified atom stereocenters. The van der Waals surface area contributed by atoms with E-state index in [9.17, 15) is 9.90 Å². The Kier molecular flexibility index (Phi) is 5.66. The molecule has 0 aliphatic rings. The molecule has 0 amide bonds. The fourth-order valence-electron chi connectivity index (χ4n) is 2.76. The zero-order chi connectivity index (χ0) is 19.4. The Labute approximate surface area is 158 Å². The van der Waals surface area contributed by atoms with Crippen molar-refractivity contribution in [3.63, 3.8) is 0 Å². The Hall–Kier alpha value is -2.99. The lowest BCUT2D eigenvalue weighted by atomic mass is 10.0. The quantitative estimate of drug-likeness (QED) is 0.626. The number of H-pyrrole nitrogens is 1. The van der Waals surface area contributed by atoms with Crippen molar-refractivity contribution in [1.29, 1.82) is 0 Å². The number of aromatic amines is 1. The number of aromatic nitrogens is 3. The molecule has 27 heavy (non-hydrogen) atoms. The lowest BCUT2D eigenvalue weighted by Gasteiger charge is -2.21. The number of nitrogens with one attached hydrogen (secondary N) is 2. The maximum Gasteiger partial charge on any atom is 0.254 e. The molecule has 0 aliphatic carbocycles. The molecule has 3 aromatic rings. The second-order valence-corrected chi connectivity index (χ2v) is 6.75. The van der Waals surface area contributed by atoms with E-state index in [0.717, 1.165) is 11.1 Å². The summed E-state index contributed by atoms with van der Waals surface area (Å²) in [5, 5.41) is 13.6. The molecule has 0 bridgehead atoms. The Bertz CT molecular complexity index is 952. The number of nitrogens with zero attached hydrogens (tertiary/aromatic N) is 2. The smallest absolute Gasteiger partial charge is 0.254 e. The molecule has 6 nitrogen and oxygen atoms in total. The minimum Gasteiger partial charge on any atom is -0.391 e. The van der Waals surface area contributed by atoms with Crippen LogP contribution in [0.3, 0.4) is 0 Å². The summed E-state index contributed by atoms with van der Waals surface area (Å²) < 4.78 is 0. The summed E-state index contributed by atoms with van der Waals surface area (Å²) in [4.78, 5) is 23.5. The van der Waals surface area contributed by atoms with Gasteiger partial charge in [-0.25, -0.2) is 9.97 Å². The summed E-state index contributed by atoms with van der Waals surface area (Å²) in [6, 6.07) is 13.4. The lowest BCUT2D eigenvalue weighted by molar-refractivity contribution is 0.158. The third-order valence-corrected chi connectivity index (χ3v) is 4.67. The van der Waals surface area contributed by atoms with Crippen LogP contribution in [0.4, 0.5) is 5.82 Å². The molecular formula is C21H24N4O2. The van der Waals surface area contributed by atoms with Gasteiger partial charge in [0.15, 0.2) is 0 Å². The zero-order valence-corrected chi connectivity index (χ0v) is 15.7. The van der Waals surface area contributed by atoms with Crippen molar-refractivity contribution in [2.75, 3.05) is 5.32 Å². The normalized spacial score (nSPS) is 13.2. The Morgan fingerprint density at radius 2 is 1.89 bits per heavy atom. The average molecular weight is 364 g/mol. The van der Waals surface area contributed by atoms with Gasteiger partial charge >= 0.3 is 0 Å². The lowest BCUT2D eigenvalue weighted by Crippen LogP contribution is -2.32. The number of aliphatic hydroxyl groups excluding tert-OH is 1. The number of anilines is 1. The van der Waals surface area contributed by atoms with Crippen molar-refractivity contribution in [3.05, 3.63) is 75.8 Å². The molecule has 0 saturated heterocycles. The van der Waals surface area contributed by atoms with E-state index in [0.29, 0.717) is 29.3 Å². The predicted molar refractivity (Wildman–Crippen MR) is 107 cm³/mol. The first kappa shape index (κ1) is 18.8. The zero-order valence-electron chi connectivity index (χ0n) is 15.7. The van der Waals surface area contributed by atoms with Crippen molar-refractivity contribution in [2.24, 2.45) is 0 Å². The standard InChI is InChI=1S/C21H24N4O2/c1-13-14(2)24-20(25-21(13)27)17-9-10-19(22-12-17)23-15(3)18(26)11-16-7-5-4-6-8-16/h4-10,12,15,18,26H,11H2,1-3H3,(H,22,23)(H,24,25,27). The van der Waals surface area contributed by atoms with E-state index in [-0.39, 0.29) is 11.6 Å². The molecular weight excluding hydrogens is 340 g/mol. The van der Waals surface area contributed by atoms with Crippen LogP contribution >= 0.6 is 0 Å². The number of aliphatic hydroxyl groups is 1. The van der Waals surface area contributed by atoms with Gasteiger partial charge in [0.25, 0.3) is 5.56 Å². The van der Waals surface area contributed by atoms with E-state index in [1.165, 1.54) is 0 Å². The van der Waals surface area contributed by atoms with Gasteiger partial charge in [-0.1, -0.05) is 30.3 Å². The van der Waals surface area contributed by atoms with Gasteiger partial charge in [0, 0.05) is 29.4 Å². The van der Waals surface area contributed by atoms with Crippen molar-refractivity contribution in [2.45, 2.75) is 39.3 Å². The minimum absolute atomic E-state index is 0.141. The van der Waals surface area contributed by atoms with Crippen LogP contribution in [-0.4, -0.2) is 32.2 Å². The highest BCUT2D eigenvalue weighted by molar-refractivity contribution is 5.56. The van der Waals surface area contributed by atoms with Crippen LogP contribution < -0.4 is 10.9 Å². The van der Waals surface area contributed by atoms with Gasteiger partial charge in [0.2, 0.25) is 0 Å². The number of hydrogen-bond donors (Lipinski definition) is 3. The number of pyridine rings is 1. The van der Waals surface area contributed by atoms with Crippen molar-refractivity contribution >= 4 is 5.82 Å². The van der Waals surface area contributed by atoms with Gasteiger partial charge in [-0.2, -0.15) is 0 Å². The molecule has 3 N–H and O–H groups in total. The molecule has 2 aromatic heterocycles. The summed E-state index contributed by atoms with van der Waals surface area (Å²) in [7, 11) is 0. The van der Waals surface area contributed by atoms with E-state index in [1.807, 2.05) is 56.3 Å². The van der Waals surface area contributed by atoms with E-state index in [4.69, 9.17) is 0 Å². The van der Waals surface area contributed by atoms with E-state index < -0.39 is 6.10 Å². The summed E-state index contributed by atoms with van der Waals surface area (Å²) >= 11 is 0. The fourth-order valence-corrected chi connectivity index (χ4v) is 2.76. The summed E-state index contributed by atoms with van der Waals surface area (Å²) in [6.45, 7) is 5.48. The van der Waals surface area contributed by atoms with Crippen LogP contribution in [0.25, 0.3) is 11.4 Å². The molecule has 6 heteroatoms. The van der Waals surface area contributed by atoms with Gasteiger partial charge < -0.3 is 15.4 Å². The first-order valence-corrected chi connectivity index (χ1v) is 8.96. The molecule has 0 fully saturated rings. The molecule has 3 rings (SSSR count). The van der Waals surface area contributed by atoms with Crippen LogP contribution in [0.15, 0.2) is 53.5 Å². The van der Waals surface area contributed by atoms with Gasteiger partial charge in [-0.05, 0) is 38.5 Å². The van der Waals surface area contributed by atoms with Gasteiger partial charge in [0.05, 0.1) is 12.1 Å². The molecule has 140 valence electrons. The molecule has 1 aromatic carbocycles. The number of hydrogen-bond acceptors (Lipinski definition) is 5. The van der Waals surface area contributed by atoms with Crippen molar-refractivity contribution < 1.29 is 5.11 Å². The summed E-state index contributed by atoms with van der Waals surface area (Å²) in [5.41, 5.74) is 3.00. The van der Waals surface area contributed by atoms with E-state index in [1.54, 1.807) is 13.1 Å². The number of aryl methyl sites for hydroxylation is 1. The Morgan fingerprint density at radius 1 is 1.15 bits per heavy atom. The Morgan fingerprint density at radius 3 is 2.52 bits per heavy atom. The SMILES string of the molecule is Cc1nc(-c2ccc(NC(C)C(O)Cc3ccccc3)nc2)[nH]c(=O)c1C. The summed E-state index contributed by atoms with van der Waals surface area (Å²) in [5.74, 6) is 1.16. The third-order valence-electron chi connectivity index (χ3n) is 4.67. The van der Waals surface area contributed by atoms with Crippen LogP contribution in [0.2, 0.25) is 0 Å². The van der Waals surface area contributed by atoms with Crippen molar-refractivity contribution in [3.8, 4) is 11.4 Å². The molecule has 0 spiro atoms. The molecule has 2 atom stereocenters. The minimum atomic E-state index is -0.536. The molecule has 0 saturated carbocycles. The average Bonchev–Trinajstić information content (AvgIpc) is 2.67. The van der Waals surface area contributed by atoms with Gasteiger partial charge in [0.1, 0.15) is 11.6 Å². The maximum absolute atomic E-state index is 11.9. The number of benzene rings is 1. The van der Waals surface area contributed by atoms with Gasteiger partial charge in [-0.15, -0.1) is 0 Å². The predicted octanol–water partition coefficient (Wildman–Crippen LogP) is 2.85. The highest BCUT2D eigenvalue weighted by Gasteiger charge is 2.15. The monoisotopic (exact) mass is 364 g/mol. The molecule has 2 heterocycles. The second-order valence-electron chi connectivity index (χ2n) is 6.75. The highest BCUT2D eigenvalue weighted by atomic mass is 16.3. The van der Waals surface area contributed by atoms with Gasteiger partial charge in [-0.3, -0.25) is 4.79 Å². The first-order valence-electron chi connectivity index (χ1n) is 8.96. The first-order chi connectivity index (χ1) is 12.9. The van der Waals surface area contributed by atoms with E-state index >= 15 is 0 Å². The molecule has 0 radical (unpaired) electrons. The fraction of sp³-hybridized carbons (Fsp3) is 0.286. The maximum atomic E-state index is 11.9. The second kappa shape index (κ2) is 8.14. The summed E-state index contributed by atoms with van der Waals surface area (Å²) in [6.07, 6.45) is 1.69. The van der Waals surface area contributed by atoms with Crippen LogP contribution in [0, 0.1) is 13.8 Å². The van der Waals surface area contributed by atoms with E-state index in [2.05, 4.69) is 20.3 Å². The van der Waals surface area contributed by atoms with Crippen LogP contribution in [0.5, 0.6) is 0 Å². The van der Waals surface area contributed by atoms with Crippen molar-refractivity contribution in [1.82, 2.24) is 15.0 Å². The Balaban J connectivity index is 1.67. The molecule has 0 aliphatic heterocycles. The topological polar surface area (TPSA) is 90.9 Å². The number of rotatable bonds is 6. The highest BCUT2D eigenvalue weighted by Crippen LogP contribution is 2.17. The van der Waals surface area contributed by atoms with Crippen LogP contribution in [0.1, 0.15) is 23.7 Å². The van der Waals surface area contributed by atoms with Crippen LogP contribution in [-0.2, 0) is 6.42 Å². The largest absolute Gasteiger partial charge is 0.391 e. The third kappa shape index (κ3) is 4.60.